The van der Waals surface area contributed by atoms with E-state index in [0.717, 1.165) is 5.56 Å². The average molecular weight is 323 g/mol. The van der Waals surface area contributed by atoms with Crippen LogP contribution >= 0.6 is 23.2 Å². The molecule has 0 N–H and O–H groups in total. The molecule has 0 aliphatic rings. The van der Waals surface area contributed by atoms with Gasteiger partial charge in [-0.15, -0.1) is 0 Å². The smallest absolute Gasteiger partial charge is 0.433 e. The summed E-state index contributed by atoms with van der Waals surface area (Å²) in [5.74, 6) is -0.150. The summed E-state index contributed by atoms with van der Waals surface area (Å²) in [7, 11) is 0. The van der Waals surface area contributed by atoms with E-state index in [1.807, 2.05) is 6.92 Å². The van der Waals surface area contributed by atoms with Crippen molar-refractivity contribution in [2.75, 3.05) is 0 Å². The van der Waals surface area contributed by atoms with Gasteiger partial charge in [-0.2, -0.15) is 18.2 Å². The van der Waals surface area contributed by atoms with Gasteiger partial charge in [-0.05, 0) is 36.2 Å². The molecule has 0 amide bonds. The van der Waals surface area contributed by atoms with Crippen molar-refractivity contribution in [3.63, 3.8) is 0 Å². The van der Waals surface area contributed by atoms with Crippen molar-refractivity contribution in [1.82, 2.24) is 9.97 Å². The molecule has 0 bridgehead atoms. The minimum absolute atomic E-state index is 0.181. The van der Waals surface area contributed by atoms with Crippen molar-refractivity contribution >= 4 is 23.2 Å². The van der Waals surface area contributed by atoms with Gasteiger partial charge < -0.3 is 4.74 Å². The molecule has 0 aliphatic heterocycles. The highest BCUT2D eigenvalue weighted by molar-refractivity contribution is 6.32. The highest BCUT2D eigenvalue weighted by Gasteiger charge is 2.34. The van der Waals surface area contributed by atoms with Crippen molar-refractivity contribution in [3.8, 4) is 11.6 Å². The standard InChI is InChI=1S/C12H7Cl2F3N2O/c1-6-2-3-8(7(13)4-6)20-10-5-9(12(15,16)17)18-11(14)19-10/h2-5H,1H3. The second-order valence-corrected chi connectivity index (χ2v) is 4.64. The van der Waals surface area contributed by atoms with E-state index in [1.165, 1.54) is 6.07 Å². The molecule has 0 saturated heterocycles. The molecule has 1 aromatic heterocycles. The van der Waals surface area contributed by atoms with Crippen LogP contribution in [0, 0.1) is 6.92 Å². The molecule has 0 fully saturated rings. The first-order chi connectivity index (χ1) is 9.25. The fourth-order valence-electron chi connectivity index (χ4n) is 1.40. The van der Waals surface area contributed by atoms with Gasteiger partial charge in [0.25, 0.3) is 0 Å². The Morgan fingerprint density at radius 1 is 1.10 bits per heavy atom. The number of halogens is 5. The quantitative estimate of drug-likeness (QED) is 0.737. The molecular weight excluding hydrogens is 316 g/mol. The molecule has 0 saturated carbocycles. The molecule has 0 atom stereocenters. The largest absolute Gasteiger partial charge is 0.437 e. The van der Waals surface area contributed by atoms with Crippen LogP contribution in [-0.2, 0) is 6.18 Å². The number of hydrogen-bond donors (Lipinski definition) is 0. The van der Waals surface area contributed by atoms with Crippen molar-refractivity contribution in [2.45, 2.75) is 13.1 Å². The number of rotatable bonds is 2. The van der Waals surface area contributed by atoms with E-state index in [2.05, 4.69) is 9.97 Å². The van der Waals surface area contributed by atoms with E-state index < -0.39 is 17.2 Å². The second-order valence-electron chi connectivity index (χ2n) is 3.89. The van der Waals surface area contributed by atoms with Crippen LogP contribution in [0.4, 0.5) is 13.2 Å². The van der Waals surface area contributed by atoms with E-state index in [9.17, 15) is 13.2 Å². The minimum atomic E-state index is -4.64. The van der Waals surface area contributed by atoms with Crippen molar-refractivity contribution in [1.29, 1.82) is 0 Å². The molecule has 0 radical (unpaired) electrons. The Morgan fingerprint density at radius 3 is 2.40 bits per heavy atom. The predicted molar refractivity (Wildman–Crippen MR) is 68.3 cm³/mol. The van der Waals surface area contributed by atoms with Gasteiger partial charge in [0.15, 0.2) is 5.69 Å². The van der Waals surface area contributed by atoms with Crippen molar-refractivity contribution < 1.29 is 17.9 Å². The summed E-state index contributed by atoms with van der Waals surface area (Å²) in [5, 5.41) is -0.300. The van der Waals surface area contributed by atoms with Gasteiger partial charge in [0.1, 0.15) is 5.75 Å². The Labute approximate surface area is 122 Å². The van der Waals surface area contributed by atoms with Crippen molar-refractivity contribution in [3.05, 3.63) is 45.8 Å². The summed E-state index contributed by atoms with van der Waals surface area (Å²) in [6.07, 6.45) is -4.64. The lowest BCUT2D eigenvalue weighted by Crippen LogP contribution is -2.09. The van der Waals surface area contributed by atoms with Crippen LogP contribution < -0.4 is 4.74 Å². The second kappa shape index (κ2) is 5.46. The first kappa shape index (κ1) is 14.9. The molecule has 1 aromatic carbocycles. The molecule has 1 heterocycles. The summed E-state index contributed by atoms with van der Waals surface area (Å²) in [5.41, 5.74) is -0.296. The Balaban J connectivity index is 2.36. The Hall–Kier alpha value is -1.53. The highest BCUT2D eigenvalue weighted by Crippen LogP contribution is 2.33. The fourth-order valence-corrected chi connectivity index (χ4v) is 1.84. The van der Waals surface area contributed by atoms with E-state index in [4.69, 9.17) is 27.9 Å². The SMILES string of the molecule is Cc1ccc(Oc2cc(C(F)(F)F)nc(Cl)n2)c(Cl)c1. The normalized spacial score (nSPS) is 11.5. The zero-order chi connectivity index (χ0) is 14.9. The van der Waals surface area contributed by atoms with Gasteiger partial charge >= 0.3 is 6.18 Å². The molecule has 2 rings (SSSR count). The summed E-state index contributed by atoms with van der Waals surface area (Å²) < 4.78 is 43.0. The maximum Gasteiger partial charge on any atom is 0.433 e. The van der Waals surface area contributed by atoms with Crippen molar-refractivity contribution in [2.24, 2.45) is 0 Å². The summed E-state index contributed by atoms with van der Waals surface area (Å²) in [4.78, 5) is 6.68. The molecule has 0 unspecified atom stereocenters. The molecule has 0 aliphatic carbocycles. The van der Waals surface area contributed by atoms with E-state index in [-0.39, 0.29) is 16.7 Å². The van der Waals surface area contributed by atoms with Gasteiger partial charge in [-0.1, -0.05) is 17.7 Å². The molecule has 20 heavy (non-hydrogen) atoms. The maximum absolute atomic E-state index is 12.6. The van der Waals surface area contributed by atoms with Crippen LogP contribution in [-0.4, -0.2) is 9.97 Å². The van der Waals surface area contributed by atoms with Crippen LogP contribution in [0.15, 0.2) is 24.3 Å². The summed E-state index contributed by atoms with van der Waals surface area (Å²) in [6, 6.07) is 5.50. The average Bonchev–Trinajstić information content (AvgIpc) is 2.31. The molecule has 8 heteroatoms. The summed E-state index contributed by atoms with van der Waals surface area (Å²) >= 11 is 11.4. The van der Waals surface area contributed by atoms with Gasteiger partial charge in [0, 0.05) is 6.07 Å². The van der Waals surface area contributed by atoms with Crippen LogP contribution in [0.3, 0.4) is 0 Å². The maximum atomic E-state index is 12.6. The van der Waals surface area contributed by atoms with Gasteiger partial charge in [-0.3, -0.25) is 0 Å². The zero-order valence-corrected chi connectivity index (χ0v) is 11.5. The third kappa shape index (κ3) is 3.52. The molecule has 2 aromatic rings. The van der Waals surface area contributed by atoms with E-state index in [0.29, 0.717) is 6.07 Å². The number of ether oxygens (including phenoxy) is 1. The van der Waals surface area contributed by atoms with Gasteiger partial charge in [0.2, 0.25) is 11.2 Å². The lowest BCUT2D eigenvalue weighted by atomic mass is 10.2. The topological polar surface area (TPSA) is 35.0 Å². The lowest BCUT2D eigenvalue weighted by molar-refractivity contribution is -0.141. The van der Waals surface area contributed by atoms with Crippen LogP contribution in [0.2, 0.25) is 10.3 Å². The number of alkyl halides is 3. The molecular formula is C12H7Cl2F3N2O. The first-order valence-corrected chi connectivity index (χ1v) is 6.07. The molecule has 3 nitrogen and oxygen atoms in total. The minimum Gasteiger partial charge on any atom is -0.437 e. The third-order valence-electron chi connectivity index (χ3n) is 2.27. The van der Waals surface area contributed by atoms with Crippen LogP contribution in [0.5, 0.6) is 11.6 Å². The Morgan fingerprint density at radius 2 is 1.80 bits per heavy atom. The number of aryl methyl sites for hydroxylation is 1. The van der Waals surface area contributed by atoms with Crippen LogP contribution in [0.25, 0.3) is 0 Å². The third-order valence-corrected chi connectivity index (χ3v) is 2.73. The number of aromatic nitrogens is 2. The van der Waals surface area contributed by atoms with Gasteiger partial charge in [0.05, 0.1) is 5.02 Å². The first-order valence-electron chi connectivity index (χ1n) is 5.31. The van der Waals surface area contributed by atoms with E-state index >= 15 is 0 Å². The molecule has 106 valence electrons. The number of hydrogen-bond acceptors (Lipinski definition) is 3. The zero-order valence-electron chi connectivity index (χ0n) is 10.0. The number of nitrogens with zero attached hydrogens (tertiary/aromatic N) is 2. The monoisotopic (exact) mass is 322 g/mol. The highest BCUT2D eigenvalue weighted by atomic mass is 35.5. The van der Waals surface area contributed by atoms with Crippen LogP contribution in [0.1, 0.15) is 11.3 Å². The Kier molecular flexibility index (Phi) is 4.06. The van der Waals surface area contributed by atoms with Gasteiger partial charge in [-0.25, -0.2) is 4.98 Å². The predicted octanol–water partition coefficient (Wildman–Crippen LogP) is 4.90. The summed E-state index contributed by atoms with van der Waals surface area (Å²) in [6.45, 7) is 1.82. The molecule has 0 spiro atoms. The number of benzene rings is 1. The van der Waals surface area contributed by atoms with E-state index in [1.54, 1.807) is 12.1 Å². The Bertz CT molecular complexity index is 647. The lowest BCUT2D eigenvalue weighted by Gasteiger charge is -2.10. The fraction of sp³-hybridized carbons (Fsp3) is 0.167.